The summed E-state index contributed by atoms with van der Waals surface area (Å²) in [5, 5.41) is 8.37. The molecule has 0 unspecified atom stereocenters. The maximum absolute atomic E-state index is 8.37. The Bertz CT molecular complexity index is 348. The lowest BCUT2D eigenvalue weighted by atomic mass is 10.1. The Labute approximate surface area is 84.7 Å². The van der Waals surface area contributed by atoms with Gasteiger partial charge < -0.3 is 5.73 Å². The Balaban J connectivity index is 2.69. The van der Waals surface area contributed by atoms with Gasteiger partial charge in [0.15, 0.2) is 0 Å². The Morgan fingerprint density at radius 2 is 2.29 bits per heavy atom. The van der Waals surface area contributed by atoms with E-state index >= 15 is 0 Å². The van der Waals surface area contributed by atoms with Crippen LogP contribution in [0.4, 0.5) is 0 Å². The maximum atomic E-state index is 8.37. The minimum Gasteiger partial charge on any atom is -0.330 e. The first-order chi connectivity index (χ1) is 6.86. The average Bonchev–Trinajstić information content (AvgIpc) is 2.19. The number of allylic oxidation sites excluding steroid dienone is 1. The summed E-state index contributed by atoms with van der Waals surface area (Å²) >= 11 is 0. The molecule has 0 saturated carbocycles. The summed E-state index contributed by atoms with van der Waals surface area (Å²) in [5.74, 6) is 0. The Morgan fingerprint density at radius 3 is 3.00 bits per heavy atom. The lowest BCUT2D eigenvalue weighted by Gasteiger charge is -1.99. The number of hydrogen-bond donors (Lipinski definition) is 1. The second-order valence-electron chi connectivity index (χ2n) is 3.05. The van der Waals surface area contributed by atoms with Crippen LogP contribution in [0.3, 0.4) is 0 Å². The van der Waals surface area contributed by atoms with E-state index in [0.29, 0.717) is 13.0 Å². The zero-order valence-electron chi connectivity index (χ0n) is 8.11. The molecule has 0 aromatic heterocycles. The minimum absolute atomic E-state index is 0.459. The van der Waals surface area contributed by atoms with Crippen molar-refractivity contribution >= 4 is 6.08 Å². The van der Waals surface area contributed by atoms with Crippen LogP contribution < -0.4 is 5.73 Å². The van der Waals surface area contributed by atoms with Gasteiger partial charge in [0.2, 0.25) is 0 Å². The molecule has 1 aromatic rings. The van der Waals surface area contributed by atoms with E-state index in [0.717, 1.165) is 12.0 Å². The van der Waals surface area contributed by atoms with Gasteiger partial charge in [0.05, 0.1) is 12.5 Å². The molecule has 0 bridgehead atoms. The molecule has 0 atom stereocenters. The normalized spacial score (nSPS) is 10.3. The van der Waals surface area contributed by atoms with E-state index in [2.05, 4.69) is 18.2 Å². The molecular formula is C12H14N2. The van der Waals surface area contributed by atoms with Gasteiger partial charge in [-0.15, -0.1) is 0 Å². The summed E-state index contributed by atoms with van der Waals surface area (Å²) in [6, 6.07) is 10.3. The highest BCUT2D eigenvalue weighted by Gasteiger charge is 1.91. The highest BCUT2D eigenvalue weighted by Crippen LogP contribution is 2.07. The third-order valence-corrected chi connectivity index (χ3v) is 1.90. The molecule has 2 N–H and O–H groups in total. The van der Waals surface area contributed by atoms with Gasteiger partial charge in [0.1, 0.15) is 0 Å². The fraction of sp³-hybridized carbons (Fsp3) is 0.250. The van der Waals surface area contributed by atoms with Crippen LogP contribution in [0, 0.1) is 11.3 Å². The topological polar surface area (TPSA) is 49.8 Å². The van der Waals surface area contributed by atoms with E-state index in [-0.39, 0.29) is 0 Å². The monoisotopic (exact) mass is 186 g/mol. The van der Waals surface area contributed by atoms with Gasteiger partial charge >= 0.3 is 0 Å². The van der Waals surface area contributed by atoms with Crippen LogP contribution in [0.5, 0.6) is 0 Å². The molecule has 0 amide bonds. The third-order valence-electron chi connectivity index (χ3n) is 1.90. The van der Waals surface area contributed by atoms with Gasteiger partial charge in [-0.3, -0.25) is 0 Å². The average molecular weight is 186 g/mol. The van der Waals surface area contributed by atoms with E-state index in [9.17, 15) is 0 Å². The van der Waals surface area contributed by atoms with Crippen molar-refractivity contribution in [1.82, 2.24) is 0 Å². The second kappa shape index (κ2) is 5.95. The van der Waals surface area contributed by atoms with Crippen LogP contribution in [-0.2, 0) is 6.42 Å². The lowest BCUT2D eigenvalue weighted by molar-refractivity contribution is 0.968. The fourth-order valence-corrected chi connectivity index (χ4v) is 1.27. The van der Waals surface area contributed by atoms with Gasteiger partial charge in [0, 0.05) is 0 Å². The van der Waals surface area contributed by atoms with Crippen LogP contribution in [0.25, 0.3) is 6.08 Å². The second-order valence-corrected chi connectivity index (χ2v) is 3.05. The van der Waals surface area contributed by atoms with E-state index in [1.807, 2.05) is 24.3 Å². The lowest BCUT2D eigenvalue weighted by Crippen LogP contribution is -2.02. The van der Waals surface area contributed by atoms with Crippen molar-refractivity contribution in [2.45, 2.75) is 12.8 Å². The zero-order valence-corrected chi connectivity index (χ0v) is 8.11. The SMILES string of the molecule is N#CCC=Cc1cccc(CCN)c1. The molecule has 1 aromatic carbocycles. The van der Waals surface area contributed by atoms with E-state index in [1.165, 1.54) is 5.56 Å². The standard InChI is InChI=1S/C12H14N2/c13-8-2-1-4-11-5-3-6-12(10-11)7-9-14/h1,3-6,10H,2,7,9,14H2. The van der Waals surface area contributed by atoms with Crippen LogP contribution in [-0.4, -0.2) is 6.54 Å². The smallest absolute Gasteiger partial charge is 0.0663 e. The number of hydrogen-bond acceptors (Lipinski definition) is 2. The summed E-state index contributed by atoms with van der Waals surface area (Å²) in [4.78, 5) is 0. The molecule has 72 valence electrons. The summed E-state index contributed by atoms with van der Waals surface area (Å²) < 4.78 is 0. The van der Waals surface area contributed by atoms with E-state index < -0.39 is 0 Å². The summed E-state index contributed by atoms with van der Waals surface area (Å²) in [6.45, 7) is 0.672. The molecular weight excluding hydrogens is 172 g/mol. The van der Waals surface area contributed by atoms with Crippen LogP contribution in [0.2, 0.25) is 0 Å². The van der Waals surface area contributed by atoms with Crippen molar-refractivity contribution in [3.63, 3.8) is 0 Å². The third kappa shape index (κ3) is 3.42. The van der Waals surface area contributed by atoms with Gasteiger partial charge in [-0.05, 0) is 24.1 Å². The predicted octanol–water partition coefficient (Wildman–Crippen LogP) is 2.11. The molecule has 0 aliphatic carbocycles. The van der Waals surface area contributed by atoms with Crippen LogP contribution in [0.1, 0.15) is 17.5 Å². The largest absolute Gasteiger partial charge is 0.330 e. The highest BCUT2D eigenvalue weighted by atomic mass is 14.5. The van der Waals surface area contributed by atoms with Crippen molar-refractivity contribution in [2.75, 3.05) is 6.54 Å². The van der Waals surface area contributed by atoms with E-state index in [4.69, 9.17) is 11.0 Å². The Morgan fingerprint density at radius 1 is 1.43 bits per heavy atom. The van der Waals surface area contributed by atoms with Crippen molar-refractivity contribution in [3.8, 4) is 6.07 Å². The number of benzene rings is 1. The van der Waals surface area contributed by atoms with E-state index in [1.54, 1.807) is 0 Å². The van der Waals surface area contributed by atoms with Gasteiger partial charge in [0.25, 0.3) is 0 Å². The predicted molar refractivity (Wildman–Crippen MR) is 58.5 cm³/mol. The summed E-state index contributed by atoms with van der Waals surface area (Å²) in [7, 11) is 0. The van der Waals surface area contributed by atoms with Gasteiger partial charge in [-0.1, -0.05) is 36.4 Å². The quantitative estimate of drug-likeness (QED) is 0.783. The van der Waals surface area contributed by atoms with Crippen molar-refractivity contribution < 1.29 is 0 Å². The molecule has 14 heavy (non-hydrogen) atoms. The van der Waals surface area contributed by atoms with Crippen molar-refractivity contribution in [3.05, 3.63) is 41.5 Å². The Kier molecular flexibility index (Phi) is 4.46. The summed E-state index contributed by atoms with van der Waals surface area (Å²) in [5.41, 5.74) is 7.84. The number of nitrogens with two attached hydrogens (primary N) is 1. The first kappa shape index (κ1) is 10.5. The first-order valence-electron chi connectivity index (χ1n) is 4.69. The number of nitrogens with zero attached hydrogens (tertiary/aromatic N) is 1. The molecule has 0 heterocycles. The minimum atomic E-state index is 0.459. The molecule has 2 heteroatoms. The number of rotatable bonds is 4. The fourth-order valence-electron chi connectivity index (χ4n) is 1.27. The molecule has 0 aliphatic rings. The first-order valence-corrected chi connectivity index (χ1v) is 4.69. The van der Waals surface area contributed by atoms with Gasteiger partial charge in [-0.25, -0.2) is 0 Å². The highest BCUT2D eigenvalue weighted by molar-refractivity contribution is 5.50. The van der Waals surface area contributed by atoms with Gasteiger partial charge in [-0.2, -0.15) is 5.26 Å². The van der Waals surface area contributed by atoms with Crippen LogP contribution >= 0.6 is 0 Å². The summed E-state index contributed by atoms with van der Waals surface area (Å²) in [6.07, 6.45) is 5.19. The molecule has 0 saturated heterocycles. The maximum Gasteiger partial charge on any atom is 0.0663 e. The molecule has 0 fully saturated rings. The van der Waals surface area contributed by atoms with Crippen LogP contribution in [0.15, 0.2) is 30.3 Å². The molecule has 0 spiro atoms. The Hall–Kier alpha value is -1.59. The molecule has 0 radical (unpaired) electrons. The van der Waals surface area contributed by atoms with Crippen molar-refractivity contribution in [2.24, 2.45) is 5.73 Å². The molecule has 2 nitrogen and oxygen atoms in total. The zero-order chi connectivity index (χ0) is 10.2. The molecule has 0 aliphatic heterocycles. The van der Waals surface area contributed by atoms with Crippen molar-refractivity contribution in [1.29, 1.82) is 5.26 Å². The molecule has 1 rings (SSSR count). The number of nitriles is 1.